The van der Waals surface area contributed by atoms with Crippen LogP contribution in [0, 0.1) is 0 Å². The van der Waals surface area contributed by atoms with Crippen LogP contribution in [0.4, 0.5) is 5.69 Å². The van der Waals surface area contributed by atoms with E-state index in [0.29, 0.717) is 24.7 Å². The van der Waals surface area contributed by atoms with Crippen molar-refractivity contribution in [2.75, 3.05) is 5.73 Å². The number of hydrogen-bond acceptors (Lipinski definition) is 3. The molecule has 0 unspecified atom stereocenters. The van der Waals surface area contributed by atoms with Gasteiger partial charge in [-0.25, -0.2) is 0 Å². The molecule has 5 heteroatoms. The van der Waals surface area contributed by atoms with Crippen molar-refractivity contribution in [1.82, 2.24) is 15.1 Å². The lowest BCUT2D eigenvalue weighted by Gasteiger charge is -2.02. The number of nitrogens with one attached hydrogen (secondary N) is 1. The summed E-state index contributed by atoms with van der Waals surface area (Å²) in [6.07, 6.45) is 6.03. The van der Waals surface area contributed by atoms with Crippen molar-refractivity contribution in [3.05, 3.63) is 12.4 Å². The monoisotopic (exact) mass is 194 g/mol. The number of carbonyl (C=O) groups is 1. The highest BCUT2D eigenvalue weighted by Crippen LogP contribution is 2.18. The van der Waals surface area contributed by atoms with Gasteiger partial charge in [-0.2, -0.15) is 5.10 Å². The third-order valence-electron chi connectivity index (χ3n) is 2.16. The van der Waals surface area contributed by atoms with E-state index >= 15 is 0 Å². The van der Waals surface area contributed by atoms with Crippen LogP contribution in [0.3, 0.4) is 0 Å². The first-order chi connectivity index (χ1) is 6.74. The molecule has 0 aromatic carbocycles. The SMILES string of the molecule is Nc1cnn(CCC(=O)NC2CC2)c1. The van der Waals surface area contributed by atoms with Crippen LogP contribution in [-0.4, -0.2) is 21.7 Å². The topological polar surface area (TPSA) is 72.9 Å². The number of carbonyl (C=O) groups excluding carboxylic acids is 1. The van der Waals surface area contributed by atoms with Gasteiger partial charge in [0.25, 0.3) is 0 Å². The maximum absolute atomic E-state index is 11.3. The van der Waals surface area contributed by atoms with Gasteiger partial charge in [0, 0.05) is 25.2 Å². The van der Waals surface area contributed by atoms with Crippen LogP contribution >= 0.6 is 0 Å². The smallest absolute Gasteiger partial charge is 0.222 e. The van der Waals surface area contributed by atoms with E-state index in [1.54, 1.807) is 17.1 Å². The summed E-state index contributed by atoms with van der Waals surface area (Å²) in [7, 11) is 0. The highest BCUT2D eigenvalue weighted by molar-refractivity contribution is 5.76. The Bertz CT molecular complexity index is 329. The third-order valence-corrected chi connectivity index (χ3v) is 2.16. The van der Waals surface area contributed by atoms with Gasteiger partial charge in [0.1, 0.15) is 0 Å². The van der Waals surface area contributed by atoms with Gasteiger partial charge in [-0.1, -0.05) is 0 Å². The molecule has 1 heterocycles. The van der Waals surface area contributed by atoms with Gasteiger partial charge < -0.3 is 11.1 Å². The first-order valence-electron chi connectivity index (χ1n) is 4.81. The fourth-order valence-electron chi connectivity index (χ4n) is 1.25. The van der Waals surface area contributed by atoms with Crippen LogP contribution in [0.25, 0.3) is 0 Å². The fraction of sp³-hybridized carbons (Fsp3) is 0.556. The van der Waals surface area contributed by atoms with Crippen LogP contribution in [0.2, 0.25) is 0 Å². The zero-order valence-electron chi connectivity index (χ0n) is 7.94. The first-order valence-corrected chi connectivity index (χ1v) is 4.81. The average molecular weight is 194 g/mol. The molecule has 1 saturated carbocycles. The maximum atomic E-state index is 11.3. The van der Waals surface area contributed by atoms with Gasteiger partial charge in [-0.15, -0.1) is 0 Å². The van der Waals surface area contributed by atoms with Gasteiger partial charge in [-0.05, 0) is 12.8 Å². The molecule has 3 N–H and O–H groups in total. The Hall–Kier alpha value is -1.52. The van der Waals surface area contributed by atoms with E-state index in [9.17, 15) is 4.79 Å². The van der Waals surface area contributed by atoms with Crippen LogP contribution < -0.4 is 11.1 Å². The fourth-order valence-corrected chi connectivity index (χ4v) is 1.25. The molecule has 76 valence electrons. The number of aryl methyl sites for hydroxylation is 1. The van der Waals surface area contributed by atoms with Gasteiger partial charge in [0.05, 0.1) is 11.9 Å². The van der Waals surface area contributed by atoms with E-state index in [2.05, 4.69) is 10.4 Å². The molecule has 0 spiro atoms. The number of nitrogen functional groups attached to an aromatic ring is 1. The zero-order chi connectivity index (χ0) is 9.97. The standard InChI is InChI=1S/C9H14N4O/c10-7-5-11-13(6-7)4-3-9(14)12-8-1-2-8/h5-6,8H,1-4,10H2,(H,12,14). The molecular weight excluding hydrogens is 180 g/mol. The van der Waals surface area contributed by atoms with E-state index in [-0.39, 0.29) is 5.91 Å². The lowest BCUT2D eigenvalue weighted by molar-refractivity contribution is -0.121. The van der Waals surface area contributed by atoms with Crippen molar-refractivity contribution in [3.8, 4) is 0 Å². The third kappa shape index (κ3) is 2.48. The summed E-state index contributed by atoms with van der Waals surface area (Å²) in [5.74, 6) is 0.0987. The first kappa shape index (κ1) is 9.05. The lowest BCUT2D eigenvalue weighted by atomic mass is 10.4. The van der Waals surface area contributed by atoms with E-state index < -0.39 is 0 Å². The molecule has 0 atom stereocenters. The number of nitrogens with zero attached hydrogens (tertiary/aromatic N) is 2. The van der Waals surface area contributed by atoms with Crippen molar-refractivity contribution in [2.45, 2.75) is 31.8 Å². The van der Waals surface area contributed by atoms with Crippen LogP contribution in [0.1, 0.15) is 19.3 Å². The maximum Gasteiger partial charge on any atom is 0.222 e. The van der Waals surface area contributed by atoms with E-state index in [4.69, 9.17) is 5.73 Å². The molecule has 1 fully saturated rings. The van der Waals surface area contributed by atoms with Gasteiger partial charge in [0.2, 0.25) is 5.91 Å². The van der Waals surface area contributed by atoms with Crippen molar-refractivity contribution >= 4 is 11.6 Å². The normalized spacial score (nSPS) is 15.4. The molecule has 0 radical (unpaired) electrons. The minimum absolute atomic E-state index is 0.0987. The summed E-state index contributed by atoms with van der Waals surface area (Å²) in [5, 5.41) is 6.91. The summed E-state index contributed by atoms with van der Waals surface area (Å²) in [4.78, 5) is 11.3. The van der Waals surface area contributed by atoms with Crippen molar-refractivity contribution in [1.29, 1.82) is 0 Å². The Kier molecular flexibility index (Phi) is 2.39. The second-order valence-corrected chi connectivity index (χ2v) is 3.63. The Labute approximate surface area is 82.3 Å². The average Bonchev–Trinajstić information content (AvgIpc) is 2.85. The second kappa shape index (κ2) is 3.69. The van der Waals surface area contributed by atoms with Crippen LogP contribution in [-0.2, 0) is 11.3 Å². The number of amides is 1. The Balaban J connectivity index is 1.73. The summed E-state index contributed by atoms with van der Waals surface area (Å²) in [6, 6.07) is 0.435. The molecule has 0 aliphatic heterocycles. The predicted molar refractivity (Wildman–Crippen MR) is 52.4 cm³/mol. The Morgan fingerprint density at radius 1 is 1.71 bits per heavy atom. The van der Waals surface area contributed by atoms with E-state index in [1.807, 2.05) is 0 Å². The van der Waals surface area contributed by atoms with Crippen molar-refractivity contribution in [2.24, 2.45) is 0 Å². The molecule has 1 aliphatic rings. The number of anilines is 1. The Morgan fingerprint density at radius 3 is 3.07 bits per heavy atom. The Morgan fingerprint density at radius 2 is 2.50 bits per heavy atom. The number of hydrogen-bond donors (Lipinski definition) is 2. The quantitative estimate of drug-likeness (QED) is 0.715. The van der Waals surface area contributed by atoms with Crippen LogP contribution in [0.5, 0.6) is 0 Å². The molecule has 5 nitrogen and oxygen atoms in total. The molecule has 1 aromatic rings. The summed E-state index contributed by atoms with van der Waals surface area (Å²) >= 11 is 0. The van der Waals surface area contributed by atoms with Crippen LogP contribution in [0.15, 0.2) is 12.4 Å². The van der Waals surface area contributed by atoms with Crippen molar-refractivity contribution < 1.29 is 4.79 Å². The minimum Gasteiger partial charge on any atom is -0.396 e. The van der Waals surface area contributed by atoms with Crippen molar-refractivity contribution in [3.63, 3.8) is 0 Å². The number of rotatable bonds is 4. The summed E-state index contributed by atoms with van der Waals surface area (Å²) in [5.41, 5.74) is 6.12. The van der Waals surface area contributed by atoms with Gasteiger partial charge in [-0.3, -0.25) is 9.48 Å². The molecule has 14 heavy (non-hydrogen) atoms. The number of nitrogens with two attached hydrogens (primary N) is 1. The van der Waals surface area contributed by atoms with Gasteiger partial charge in [0.15, 0.2) is 0 Å². The number of aromatic nitrogens is 2. The summed E-state index contributed by atoms with van der Waals surface area (Å²) < 4.78 is 1.68. The zero-order valence-corrected chi connectivity index (χ0v) is 7.94. The highest BCUT2D eigenvalue weighted by Gasteiger charge is 2.22. The van der Waals surface area contributed by atoms with E-state index in [1.165, 1.54) is 0 Å². The molecule has 1 aliphatic carbocycles. The predicted octanol–water partition coefficient (Wildman–Crippen LogP) is 0.134. The minimum atomic E-state index is 0.0987. The lowest BCUT2D eigenvalue weighted by Crippen LogP contribution is -2.26. The van der Waals surface area contributed by atoms with Gasteiger partial charge >= 0.3 is 0 Å². The summed E-state index contributed by atoms with van der Waals surface area (Å²) in [6.45, 7) is 0.593. The van der Waals surface area contributed by atoms with E-state index in [0.717, 1.165) is 12.8 Å². The molecule has 0 bridgehead atoms. The molecular formula is C9H14N4O. The molecule has 0 saturated heterocycles. The second-order valence-electron chi connectivity index (χ2n) is 3.63. The molecule has 2 rings (SSSR count). The largest absolute Gasteiger partial charge is 0.396 e. The molecule has 1 amide bonds. The molecule has 1 aromatic heterocycles. The highest BCUT2D eigenvalue weighted by atomic mass is 16.1.